The highest BCUT2D eigenvalue weighted by Crippen LogP contribution is 2.35. The summed E-state index contributed by atoms with van der Waals surface area (Å²) in [5.41, 5.74) is 2.08. The Morgan fingerprint density at radius 2 is 2.22 bits per heavy atom. The molecule has 4 heterocycles. The van der Waals surface area contributed by atoms with Gasteiger partial charge in [0.15, 0.2) is 0 Å². The third-order valence-electron chi connectivity index (χ3n) is 4.88. The summed E-state index contributed by atoms with van der Waals surface area (Å²) in [6.45, 7) is 3.96. The molecular formula is C16H21N5OS. The van der Waals surface area contributed by atoms with Crippen LogP contribution in [0.15, 0.2) is 17.8 Å². The number of amides is 1. The maximum atomic E-state index is 12.5. The number of thiazole rings is 1. The van der Waals surface area contributed by atoms with Crippen molar-refractivity contribution in [3.63, 3.8) is 0 Å². The first-order chi connectivity index (χ1) is 11.1. The fraction of sp³-hybridized carbons (Fsp3) is 0.562. The van der Waals surface area contributed by atoms with E-state index in [2.05, 4.69) is 20.4 Å². The first kappa shape index (κ1) is 14.8. The Bertz CT molecular complexity index is 724. The van der Waals surface area contributed by atoms with Gasteiger partial charge in [-0.3, -0.25) is 14.4 Å². The number of piperidine rings is 1. The number of nitrogens with zero attached hydrogens (tertiary/aromatic N) is 5. The third kappa shape index (κ3) is 2.68. The first-order valence-electron chi connectivity index (χ1n) is 8.07. The number of rotatable bonds is 3. The van der Waals surface area contributed by atoms with Gasteiger partial charge in [-0.05, 0) is 19.8 Å². The minimum absolute atomic E-state index is 0.227. The Hall–Kier alpha value is -1.73. The molecule has 0 saturated carbocycles. The van der Waals surface area contributed by atoms with Crippen LogP contribution in [0.5, 0.6) is 0 Å². The molecule has 2 atom stereocenters. The van der Waals surface area contributed by atoms with Crippen molar-refractivity contribution in [3.8, 4) is 0 Å². The molecule has 1 amide bonds. The van der Waals surface area contributed by atoms with Gasteiger partial charge in [-0.25, -0.2) is 4.98 Å². The van der Waals surface area contributed by atoms with Crippen LogP contribution in [0.4, 0.5) is 5.69 Å². The van der Waals surface area contributed by atoms with E-state index in [1.54, 1.807) is 22.2 Å². The average Bonchev–Trinajstić information content (AvgIpc) is 3.21. The molecule has 2 aromatic heterocycles. The topological polar surface area (TPSA) is 54.3 Å². The molecule has 23 heavy (non-hydrogen) atoms. The van der Waals surface area contributed by atoms with Gasteiger partial charge in [-0.15, -0.1) is 11.3 Å². The zero-order valence-corrected chi connectivity index (χ0v) is 14.3. The lowest BCUT2D eigenvalue weighted by Gasteiger charge is -2.39. The van der Waals surface area contributed by atoms with E-state index in [9.17, 15) is 4.79 Å². The molecule has 4 rings (SSSR count). The molecule has 2 aliphatic rings. The number of hydrogen-bond acceptors (Lipinski definition) is 5. The van der Waals surface area contributed by atoms with Crippen LogP contribution >= 0.6 is 11.3 Å². The van der Waals surface area contributed by atoms with E-state index in [4.69, 9.17) is 0 Å². The van der Waals surface area contributed by atoms with Gasteiger partial charge < -0.3 is 4.90 Å². The Labute approximate surface area is 139 Å². The van der Waals surface area contributed by atoms with Gasteiger partial charge in [0, 0.05) is 44.2 Å². The average molecular weight is 331 g/mol. The van der Waals surface area contributed by atoms with E-state index in [-0.39, 0.29) is 11.9 Å². The van der Waals surface area contributed by atoms with Gasteiger partial charge in [0.05, 0.1) is 28.6 Å². The second-order valence-corrected chi connectivity index (χ2v) is 7.49. The van der Waals surface area contributed by atoms with Crippen molar-refractivity contribution >= 4 is 22.9 Å². The number of likely N-dealkylation sites (tertiary alicyclic amines) is 1. The van der Waals surface area contributed by atoms with Crippen molar-refractivity contribution in [2.75, 3.05) is 11.4 Å². The molecule has 6 nitrogen and oxygen atoms in total. The van der Waals surface area contributed by atoms with Crippen molar-refractivity contribution in [1.29, 1.82) is 0 Å². The SMILES string of the molecule is Cc1nc(CN2CC[C@H]3[C@@H]2CCC(=O)N3c2cnn(C)c2)cs1. The fourth-order valence-electron chi connectivity index (χ4n) is 3.91. The van der Waals surface area contributed by atoms with Crippen LogP contribution in [-0.4, -0.2) is 44.2 Å². The Morgan fingerprint density at radius 3 is 2.91 bits per heavy atom. The summed E-state index contributed by atoms with van der Waals surface area (Å²) in [4.78, 5) is 21.5. The van der Waals surface area contributed by atoms with Crippen LogP contribution in [0.25, 0.3) is 0 Å². The maximum absolute atomic E-state index is 12.5. The van der Waals surface area contributed by atoms with Gasteiger partial charge in [-0.1, -0.05) is 0 Å². The summed E-state index contributed by atoms with van der Waals surface area (Å²) in [6, 6.07) is 0.690. The Kier molecular flexibility index (Phi) is 3.69. The molecule has 2 fully saturated rings. The summed E-state index contributed by atoms with van der Waals surface area (Å²) < 4.78 is 1.76. The zero-order chi connectivity index (χ0) is 16.0. The molecule has 0 aliphatic carbocycles. The molecule has 2 aromatic rings. The molecule has 2 aliphatic heterocycles. The number of hydrogen-bond donors (Lipinski definition) is 0. The van der Waals surface area contributed by atoms with Gasteiger partial charge in [0.2, 0.25) is 5.91 Å². The molecule has 0 spiro atoms. The van der Waals surface area contributed by atoms with Crippen molar-refractivity contribution in [1.82, 2.24) is 19.7 Å². The van der Waals surface area contributed by atoms with Crippen LogP contribution in [0.2, 0.25) is 0 Å². The van der Waals surface area contributed by atoms with E-state index in [0.29, 0.717) is 12.5 Å². The number of aryl methyl sites for hydroxylation is 2. The summed E-state index contributed by atoms with van der Waals surface area (Å²) in [5.74, 6) is 0.227. The lowest BCUT2D eigenvalue weighted by Crippen LogP contribution is -2.52. The monoisotopic (exact) mass is 331 g/mol. The molecule has 2 saturated heterocycles. The van der Waals surface area contributed by atoms with Crippen molar-refractivity contribution < 1.29 is 4.79 Å². The number of aromatic nitrogens is 3. The first-order valence-corrected chi connectivity index (χ1v) is 8.95. The van der Waals surface area contributed by atoms with Crippen LogP contribution in [-0.2, 0) is 18.4 Å². The van der Waals surface area contributed by atoms with Crippen molar-refractivity contribution in [2.45, 2.75) is 44.8 Å². The number of carbonyl (C=O) groups is 1. The lowest BCUT2D eigenvalue weighted by atomic mass is 9.96. The molecular weight excluding hydrogens is 310 g/mol. The summed E-state index contributed by atoms with van der Waals surface area (Å²) in [6.07, 6.45) is 6.32. The van der Waals surface area contributed by atoms with Gasteiger partial charge >= 0.3 is 0 Å². The van der Waals surface area contributed by atoms with Crippen LogP contribution in [0, 0.1) is 6.92 Å². The molecule has 0 bridgehead atoms. The van der Waals surface area contributed by atoms with Crippen LogP contribution in [0.3, 0.4) is 0 Å². The zero-order valence-electron chi connectivity index (χ0n) is 13.5. The molecule has 0 unspecified atom stereocenters. The van der Waals surface area contributed by atoms with Crippen molar-refractivity contribution in [3.05, 3.63) is 28.5 Å². The van der Waals surface area contributed by atoms with E-state index in [1.807, 2.05) is 25.1 Å². The summed E-state index contributed by atoms with van der Waals surface area (Å²) >= 11 is 1.70. The predicted octanol–water partition coefficient (Wildman–Crippen LogP) is 1.95. The van der Waals surface area contributed by atoms with Gasteiger partial charge in [0.1, 0.15) is 0 Å². The van der Waals surface area contributed by atoms with E-state index >= 15 is 0 Å². The molecule has 7 heteroatoms. The minimum Gasteiger partial charge on any atom is -0.305 e. The third-order valence-corrected chi connectivity index (χ3v) is 5.70. The van der Waals surface area contributed by atoms with E-state index in [1.165, 1.54) is 0 Å². The quantitative estimate of drug-likeness (QED) is 0.863. The van der Waals surface area contributed by atoms with Crippen molar-refractivity contribution in [2.24, 2.45) is 7.05 Å². The Morgan fingerprint density at radius 1 is 1.35 bits per heavy atom. The Balaban J connectivity index is 1.55. The highest BCUT2D eigenvalue weighted by molar-refractivity contribution is 7.09. The molecule has 0 aromatic carbocycles. The van der Waals surface area contributed by atoms with Gasteiger partial charge in [-0.2, -0.15) is 5.10 Å². The lowest BCUT2D eigenvalue weighted by molar-refractivity contribution is -0.120. The highest BCUT2D eigenvalue weighted by Gasteiger charge is 2.44. The number of fused-ring (bicyclic) bond motifs is 1. The predicted molar refractivity (Wildman–Crippen MR) is 89.4 cm³/mol. The maximum Gasteiger partial charge on any atom is 0.227 e. The smallest absolute Gasteiger partial charge is 0.227 e. The summed E-state index contributed by atoms with van der Waals surface area (Å²) in [7, 11) is 1.89. The normalized spacial score (nSPS) is 25.1. The van der Waals surface area contributed by atoms with Crippen LogP contribution < -0.4 is 4.90 Å². The minimum atomic E-state index is 0.227. The summed E-state index contributed by atoms with van der Waals surface area (Å²) in [5, 5.41) is 7.50. The fourth-order valence-corrected chi connectivity index (χ4v) is 4.51. The van der Waals surface area contributed by atoms with E-state index in [0.717, 1.165) is 42.3 Å². The largest absolute Gasteiger partial charge is 0.305 e. The molecule has 0 N–H and O–H groups in total. The highest BCUT2D eigenvalue weighted by atomic mass is 32.1. The van der Waals surface area contributed by atoms with Crippen LogP contribution in [0.1, 0.15) is 30.0 Å². The molecule has 122 valence electrons. The number of carbonyl (C=O) groups excluding carboxylic acids is 1. The second-order valence-electron chi connectivity index (χ2n) is 6.43. The molecule has 0 radical (unpaired) electrons. The number of anilines is 1. The van der Waals surface area contributed by atoms with Gasteiger partial charge in [0.25, 0.3) is 0 Å². The van der Waals surface area contributed by atoms with E-state index < -0.39 is 0 Å². The standard InChI is InChI=1S/C16H21N5OS/c1-11-18-12(10-23-11)8-20-6-5-15-14(20)3-4-16(22)21(15)13-7-17-19(2)9-13/h7,9-10,14-15H,3-6,8H2,1-2H3/t14-,15-/m0/s1. The second kappa shape index (κ2) is 5.72.